The third kappa shape index (κ3) is 4.66. The van der Waals surface area contributed by atoms with Gasteiger partial charge in [0.25, 0.3) is 0 Å². The predicted octanol–water partition coefficient (Wildman–Crippen LogP) is 2.93. The molecule has 0 fully saturated rings. The van der Waals surface area contributed by atoms with Crippen LogP contribution in [0.1, 0.15) is 34.4 Å². The lowest BCUT2D eigenvalue weighted by atomic mass is 10.0. The SMILES string of the molecule is N#Cc1c(NC(=O)C=Cc2ccccc2)sc2c1CCN(C(=O)CCCO)C2. The second kappa shape index (κ2) is 9.31. The van der Waals surface area contributed by atoms with Gasteiger partial charge in [0.2, 0.25) is 11.8 Å². The number of anilines is 1. The van der Waals surface area contributed by atoms with Crippen molar-refractivity contribution in [2.45, 2.75) is 25.8 Å². The van der Waals surface area contributed by atoms with Crippen molar-refractivity contribution in [1.29, 1.82) is 5.26 Å². The van der Waals surface area contributed by atoms with Crippen molar-refractivity contribution in [3.63, 3.8) is 0 Å². The zero-order valence-corrected chi connectivity index (χ0v) is 16.2. The number of fused-ring (bicyclic) bond motifs is 1. The molecule has 2 N–H and O–H groups in total. The Labute approximate surface area is 167 Å². The van der Waals surface area contributed by atoms with Gasteiger partial charge in [-0.1, -0.05) is 30.3 Å². The van der Waals surface area contributed by atoms with Crippen LogP contribution in [0.2, 0.25) is 0 Å². The maximum absolute atomic E-state index is 12.3. The summed E-state index contributed by atoms with van der Waals surface area (Å²) < 4.78 is 0. The van der Waals surface area contributed by atoms with Crippen LogP contribution in [0.25, 0.3) is 6.08 Å². The fraction of sp³-hybridized carbons (Fsp3) is 0.286. The smallest absolute Gasteiger partial charge is 0.249 e. The first-order valence-corrected chi connectivity index (χ1v) is 9.91. The van der Waals surface area contributed by atoms with E-state index in [0.29, 0.717) is 42.9 Å². The Morgan fingerprint density at radius 2 is 2.11 bits per heavy atom. The lowest BCUT2D eigenvalue weighted by molar-refractivity contribution is -0.132. The number of thiophene rings is 1. The van der Waals surface area contributed by atoms with Crippen LogP contribution in [0.15, 0.2) is 36.4 Å². The van der Waals surface area contributed by atoms with Gasteiger partial charge in [-0.05, 0) is 30.0 Å². The second-order valence-electron chi connectivity index (χ2n) is 6.45. The minimum absolute atomic E-state index is 0.00277. The van der Waals surface area contributed by atoms with Gasteiger partial charge in [0.05, 0.1) is 12.1 Å². The monoisotopic (exact) mass is 395 g/mol. The summed E-state index contributed by atoms with van der Waals surface area (Å²) in [5.74, 6) is -0.294. The molecule has 144 valence electrons. The number of nitrogens with one attached hydrogen (secondary N) is 1. The van der Waals surface area contributed by atoms with Crippen LogP contribution < -0.4 is 5.32 Å². The van der Waals surface area contributed by atoms with E-state index in [4.69, 9.17) is 5.11 Å². The topological polar surface area (TPSA) is 93.4 Å². The molecule has 0 aliphatic carbocycles. The molecule has 0 radical (unpaired) electrons. The molecule has 6 nitrogen and oxygen atoms in total. The molecule has 2 aromatic rings. The van der Waals surface area contributed by atoms with E-state index < -0.39 is 0 Å². The summed E-state index contributed by atoms with van der Waals surface area (Å²) in [6.45, 7) is 0.980. The number of benzene rings is 1. The highest BCUT2D eigenvalue weighted by molar-refractivity contribution is 7.16. The van der Waals surface area contributed by atoms with E-state index in [0.717, 1.165) is 16.0 Å². The zero-order chi connectivity index (χ0) is 19.9. The van der Waals surface area contributed by atoms with Gasteiger partial charge in [-0.25, -0.2) is 0 Å². The average Bonchev–Trinajstić information content (AvgIpc) is 3.07. The molecule has 1 aromatic carbocycles. The molecule has 2 heterocycles. The van der Waals surface area contributed by atoms with Gasteiger partial charge in [-0.3, -0.25) is 9.59 Å². The average molecular weight is 395 g/mol. The molecule has 1 aromatic heterocycles. The Kier molecular flexibility index (Phi) is 6.58. The Morgan fingerprint density at radius 3 is 2.82 bits per heavy atom. The first kappa shape index (κ1) is 19.8. The summed E-state index contributed by atoms with van der Waals surface area (Å²) in [7, 11) is 0. The van der Waals surface area contributed by atoms with Crippen LogP contribution in [0.4, 0.5) is 5.00 Å². The van der Waals surface area contributed by atoms with Gasteiger partial charge in [0.15, 0.2) is 0 Å². The summed E-state index contributed by atoms with van der Waals surface area (Å²) in [6.07, 6.45) is 4.52. The number of nitrogens with zero attached hydrogens (tertiary/aromatic N) is 2. The minimum atomic E-state index is -0.296. The highest BCUT2D eigenvalue weighted by Gasteiger charge is 2.27. The van der Waals surface area contributed by atoms with Gasteiger partial charge >= 0.3 is 0 Å². The van der Waals surface area contributed by atoms with Gasteiger partial charge < -0.3 is 15.3 Å². The summed E-state index contributed by atoms with van der Waals surface area (Å²) in [5, 5.41) is 21.8. The number of carbonyl (C=O) groups is 2. The van der Waals surface area contributed by atoms with E-state index in [-0.39, 0.29) is 18.4 Å². The first-order valence-electron chi connectivity index (χ1n) is 9.09. The molecule has 1 aliphatic rings. The number of aliphatic hydroxyl groups is 1. The molecule has 28 heavy (non-hydrogen) atoms. The highest BCUT2D eigenvalue weighted by atomic mass is 32.1. The Bertz CT molecular complexity index is 928. The van der Waals surface area contributed by atoms with Crippen molar-refractivity contribution in [2.75, 3.05) is 18.5 Å². The second-order valence-corrected chi connectivity index (χ2v) is 7.55. The molecular weight excluding hydrogens is 374 g/mol. The largest absolute Gasteiger partial charge is 0.396 e. The number of amides is 2. The molecule has 3 rings (SSSR count). The van der Waals surface area contributed by atoms with Gasteiger partial charge in [-0.2, -0.15) is 5.26 Å². The number of hydrogen-bond donors (Lipinski definition) is 2. The number of rotatable bonds is 6. The van der Waals surface area contributed by atoms with Crippen LogP contribution in [-0.2, 0) is 22.6 Å². The highest BCUT2D eigenvalue weighted by Crippen LogP contribution is 2.36. The van der Waals surface area contributed by atoms with Crippen molar-refractivity contribution < 1.29 is 14.7 Å². The predicted molar refractivity (Wildman–Crippen MR) is 109 cm³/mol. The van der Waals surface area contributed by atoms with E-state index in [1.807, 2.05) is 30.3 Å². The summed E-state index contributed by atoms with van der Waals surface area (Å²) in [5.41, 5.74) is 2.32. The maximum atomic E-state index is 12.3. The van der Waals surface area contributed by atoms with E-state index in [2.05, 4.69) is 11.4 Å². The van der Waals surface area contributed by atoms with Crippen LogP contribution in [0.5, 0.6) is 0 Å². The normalized spacial score (nSPS) is 13.2. The van der Waals surface area contributed by atoms with Gasteiger partial charge in [0, 0.05) is 30.5 Å². The van der Waals surface area contributed by atoms with Crippen LogP contribution in [-0.4, -0.2) is 35.0 Å². The van der Waals surface area contributed by atoms with E-state index in [9.17, 15) is 14.9 Å². The lowest BCUT2D eigenvalue weighted by Gasteiger charge is -2.27. The van der Waals surface area contributed by atoms with Crippen molar-refractivity contribution >= 4 is 34.2 Å². The minimum Gasteiger partial charge on any atom is -0.396 e. The quantitative estimate of drug-likeness (QED) is 0.736. The fourth-order valence-electron chi connectivity index (χ4n) is 3.10. The third-order valence-corrected chi connectivity index (χ3v) is 5.67. The third-order valence-electron chi connectivity index (χ3n) is 4.53. The van der Waals surface area contributed by atoms with Gasteiger partial charge in [-0.15, -0.1) is 11.3 Å². The van der Waals surface area contributed by atoms with Crippen LogP contribution >= 0.6 is 11.3 Å². The van der Waals surface area contributed by atoms with Crippen molar-refractivity contribution in [3.05, 3.63) is 58.0 Å². The molecule has 0 saturated carbocycles. The molecular formula is C21H21N3O3S. The standard InChI is InChI=1S/C21H21N3O3S/c22-13-17-16-10-11-24(20(27)7-4-12-25)14-18(16)28-21(17)23-19(26)9-8-15-5-2-1-3-6-15/h1-3,5-6,8-9,25H,4,7,10-12,14H2,(H,23,26). The van der Waals surface area contributed by atoms with E-state index in [1.165, 1.54) is 17.4 Å². The maximum Gasteiger partial charge on any atom is 0.249 e. The molecule has 0 saturated heterocycles. The van der Waals surface area contributed by atoms with E-state index >= 15 is 0 Å². The molecule has 0 bridgehead atoms. The molecule has 0 atom stereocenters. The number of hydrogen-bond acceptors (Lipinski definition) is 5. The van der Waals surface area contributed by atoms with Crippen molar-refractivity contribution in [1.82, 2.24) is 4.90 Å². The lowest BCUT2D eigenvalue weighted by Crippen LogP contribution is -2.35. The van der Waals surface area contributed by atoms with E-state index in [1.54, 1.807) is 11.0 Å². The van der Waals surface area contributed by atoms with Crippen LogP contribution in [0.3, 0.4) is 0 Å². The Morgan fingerprint density at radius 1 is 1.32 bits per heavy atom. The number of nitriles is 1. The van der Waals surface area contributed by atoms with Crippen molar-refractivity contribution in [3.8, 4) is 6.07 Å². The fourth-order valence-corrected chi connectivity index (χ4v) is 4.32. The zero-order valence-electron chi connectivity index (χ0n) is 15.4. The molecule has 7 heteroatoms. The molecule has 0 spiro atoms. The molecule has 2 amide bonds. The molecule has 1 aliphatic heterocycles. The first-order chi connectivity index (χ1) is 13.6. The Hall–Kier alpha value is -2.95. The Balaban J connectivity index is 1.71. The van der Waals surface area contributed by atoms with Gasteiger partial charge in [0.1, 0.15) is 11.1 Å². The molecule has 0 unspecified atom stereocenters. The number of aliphatic hydroxyl groups excluding tert-OH is 1. The van der Waals surface area contributed by atoms with Crippen LogP contribution in [0, 0.1) is 11.3 Å². The summed E-state index contributed by atoms with van der Waals surface area (Å²) in [4.78, 5) is 27.1. The summed E-state index contributed by atoms with van der Waals surface area (Å²) >= 11 is 1.35. The van der Waals surface area contributed by atoms with Crippen molar-refractivity contribution in [2.24, 2.45) is 0 Å². The summed E-state index contributed by atoms with van der Waals surface area (Å²) in [6, 6.07) is 11.7. The number of carbonyl (C=O) groups excluding carboxylic acids is 2.